The molecule has 3 rings (SSSR count). The highest BCUT2D eigenvalue weighted by molar-refractivity contribution is 6.06. The Balaban J connectivity index is 1.73. The van der Waals surface area contributed by atoms with Gasteiger partial charge in [-0.25, -0.2) is 4.79 Å². The molecule has 0 saturated heterocycles. The lowest BCUT2D eigenvalue weighted by Crippen LogP contribution is -2.12. The molecule has 0 unspecified atom stereocenters. The fourth-order valence-electron chi connectivity index (χ4n) is 2.96. The van der Waals surface area contributed by atoms with E-state index in [0.29, 0.717) is 29.2 Å². The van der Waals surface area contributed by atoms with Crippen LogP contribution in [0.25, 0.3) is 11.0 Å². The van der Waals surface area contributed by atoms with Gasteiger partial charge in [0.25, 0.3) is 5.91 Å². The van der Waals surface area contributed by atoms with E-state index in [1.54, 1.807) is 24.3 Å². The molecule has 0 spiro atoms. The minimum atomic E-state index is -0.356. The number of carbonyl (C=O) groups excluding carboxylic acids is 2. The van der Waals surface area contributed by atoms with Gasteiger partial charge >= 0.3 is 5.97 Å². The first-order valence-corrected chi connectivity index (χ1v) is 9.49. The Kier molecular flexibility index (Phi) is 5.83. The molecular formula is C23H25NO4. The summed E-state index contributed by atoms with van der Waals surface area (Å²) in [5.74, 6) is -0.379. The largest absolute Gasteiger partial charge is 0.462 e. The second-order valence-corrected chi connectivity index (χ2v) is 7.01. The Morgan fingerprint density at radius 3 is 2.39 bits per heavy atom. The number of ether oxygens (including phenoxy) is 1. The number of fused-ring (bicyclic) bond motifs is 1. The number of benzene rings is 2. The number of unbranched alkanes of at least 4 members (excludes halogenated alkanes) is 1. The minimum Gasteiger partial charge on any atom is -0.462 e. The predicted octanol–water partition coefficient (Wildman–Crippen LogP) is 5.57. The lowest BCUT2D eigenvalue weighted by Gasteiger charge is -2.06. The fraction of sp³-hybridized carbons (Fsp3) is 0.304. The highest BCUT2D eigenvalue weighted by atomic mass is 16.5. The number of anilines is 1. The van der Waals surface area contributed by atoms with Crippen LogP contribution in [0.5, 0.6) is 0 Å². The summed E-state index contributed by atoms with van der Waals surface area (Å²) in [6.45, 7) is 8.39. The number of aryl methyl sites for hydroxylation is 3. The van der Waals surface area contributed by atoms with E-state index >= 15 is 0 Å². The van der Waals surface area contributed by atoms with Crippen LogP contribution in [0.4, 0.5) is 5.69 Å². The van der Waals surface area contributed by atoms with E-state index in [1.807, 2.05) is 39.8 Å². The third-order valence-electron chi connectivity index (χ3n) is 4.87. The molecule has 5 heteroatoms. The summed E-state index contributed by atoms with van der Waals surface area (Å²) >= 11 is 0. The molecule has 5 nitrogen and oxygen atoms in total. The number of furan rings is 1. The molecule has 28 heavy (non-hydrogen) atoms. The molecule has 1 heterocycles. The van der Waals surface area contributed by atoms with E-state index in [2.05, 4.69) is 5.32 Å². The van der Waals surface area contributed by atoms with Crippen LogP contribution in [-0.2, 0) is 4.74 Å². The molecule has 0 bridgehead atoms. The van der Waals surface area contributed by atoms with Crippen LogP contribution in [0.1, 0.15) is 57.4 Å². The Bertz CT molecular complexity index is 1020. The molecule has 0 radical (unpaired) electrons. The number of hydrogen-bond donors (Lipinski definition) is 1. The van der Waals surface area contributed by atoms with Gasteiger partial charge in [0.2, 0.25) is 0 Å². The molecule has 0 saturated carbocycles. The normalized spacial score (nSPS) is 10.9. The van der Waals surface area contributed by atoms with Crippen molar-refractivity contribution in [1.82, 2.24) is 0 Å². The molecule has 0 aliphatic carbocycles. The Morgan fingerprint density at radius 1 is 1.04 bits per heavy atom. The number of esters is 1. The monoisotopic (exact) mass is 379 g/mol. The maximum Gasteiger partial charge on any atom is 0.338 e. The van der Waals surface area contributed by atoms with Gasteiger partial charge in [-0.05, 0) is 74.7 Å². The number of carbonyl (C=O) groups is 2. The highest BCUT2D eigenvalue weighted by Gasteiger charge is 2.18. The van der Waals surface area contributed by atoms with Gasteiger partial charge < -0.3 is 14.5 Å². The van der Waals surface area contributed by atoms with Gasteiger partial charge in [0.1, 0.15) is 5.58 Å². The summed E-state index contributed by atoms with van der Waals surface area (Å²) in [5, 5.41) is 3.77. The number of rotatable bonds is 6. The number of amides is 1. The van der Waals surface area contributed by atoms with Crippen LogP contribution >= 0.6 is 0 Å². The smallest absolute Gasteiger partial charge is 0.338 e. The van der Waals surface area contributed by atoms with Crippen LogP contribution in [0.2, 0.25) is 0 Å². The van der Waals surface area contributed by atoms with Gasteiger partial charge in [-0.3, -0.25) is 4.79 Å². The van der Waals surface area contributed by atoms with Crippen LogP contribution in [0.3, 0.4) is 0 Å². The van der Waals surface area contributed by atoms with Gasteiger partial charge in [-0.1, -0.05) is 13.3 Å². The summed E-state index contributed by atoms with van der Waals surface area (Å²) in [5.41, 5.74) is 4.84. The molecule has 3 aromatic rings. The topological polar surface area (TPSA) is 68.5 Å². The third-order valence-corrected chi connectivity index (χ3v) is 4.87. The van der Waals surface area contributed by atoms with Crippen molar-refractivity contribution in [2.24, 2.45) is 0 Å². The van der Waals surface area contributed by atoms with Crippen molar-refractivity contribution in [3.63, 3.8) is 0 Å². The molecule has 0 fully saturated rings. The van der Waals surface area contributed by atoms with Crippen molar-refractivity contribution in [3.05, 3.63) is 64.4 Å². The summed E-state index contributed by atoms with van der Waals surface area (Å²) in [6.07, 6.45) is 1.81. The first kappa shape index (κ1) is 19.7. The van der Waals surface area contributed by atoms with E-state index in [1.165, 1.54) is 0 Å². The zero-order chi connectivity index (χ0) is 20.3. The van der Waals surface area contributed by atoms with Gasteiger partial charge in [0, 0.05) is 16.6 Å². The second kappa shape index (κ2) is 8.30. The fourth-order valence-corrected chi connectivity index (χ4v) is 2.96. The van der Waals surface area contributed by atoms with Crippen molar-refractivity contribution in [2.45, 2.75) is 40.5 Å². The molecule has 0 atom stereocenters. The summed E-state index contributed by atoms with van der Waals surface area (Å²) in [6, 6.07) is 10.6. The van der Waals surface area contributed by atoms with Gasteiger partial charge in [0.05, 0.1) is 12.2 Å². The van der Waals surface area contributed by atoms with E-state index in [9.17, 15) is 9.59 Å². The minimum absolute atomic E-state index is 0.294. The number of hydrogen-bond acceptors (Lipinski definition) is 4. The van der Waals surface area contributed by atoms with E-state index < -0.39 is 0 Å². The zero-order valence-corrected chi connectivity index (χ0v) is 16.7. The van der Waals surface area contributed by atoms with E-state index in [-0.39, 0.29) is 11.9 Å². The molecule has 1 N–H and O–H groups in total. The highest BCUT2D eigenvalue weighted by Crippen LogP contribution is 2.28. The summed E-state index contributed by atoms with van der Waals surface area (Å²) < 4.78 is 11.0. The van der Waals surface area contributed by atoms with Crippen LogP contribution in [0.15, 0.2) is 40.8 Å². The van der Waals surface area contributed by atoms with Crippen LogP contribution in [0, 0.1) is 20.8 Å². The molecule has 1 amide bonds. The van der Waals surface area contributed by atoms with E-state index in [0.717, 1.165) is 34.9 Å². The lowest BCUT2D eigenvalue weighted by molar-refractivity contribution is 0.0499. The maximum absolute atomic E-state index is 12.7. The summed E-state index contributed by atoms with van der Waals surface area (Å²) in [4.78, 5) is 24.6. The number of nitrogens with one attached hydrogen (secondary N) is 1. The Labute approximate surface area is 164 Å². The average molecular weight is 379 g/mol. The molecular weight excluding hydrogens is 354 g/mol. The van der Waals surface area contributed by atoms with Gasteiger partial charge in [-0.15, -0.1) is 0 Å². The zero-order valence-electron chi connectivity index (χ0n) is 16.7. The van der Waals surface area contributed by atoms with E-state index in [4.69, 9.17) is 9.15 Å². The quantitative estimate of drug-likeness (QED) is 0.449. The lowest BCUT2D eigenvalue weighted by atomic mass is 10.0. The standard InChI is InChI=1S/C23H25NO4/c1-5-6-11-27-23(26)17-7-9-18(10-8-17)24-22(25)21-16(4)19-12-14(2)15(3)13-20(19)28-21/h7-10,12-13H,5-6,11H2,1-4H3,(H,24,25). The second-order valence-electron chi connectivity index (χ2n) is 7.01. The van der Waals surface area contributed by atoms with Crippen molar-refractivity contribution >= 4 is 28.5 Å². The van der Waals surface area contributed by atoms with Gasteiger partial charge in [-0.2, -0.15) is 0 Å². The van der Waals surface area contributed by atoms with Crippen LogP contribution in [-0.4, -0.2) is 18.5 Å². The maximum atomic E-state index is 12.7. The van der Waals surface area contributed by atoms with Crippen molar-refractivity contribution in [3.8, 4) is 0 Å². The van der Waals surface area contributed by atoms with Crippen molar-refractivity contribution in [1.29, 1.82) is 0 Å². The van der Waals surface area contributed by atoms with Crippen molar-refractivity contribution in [2.75, 3.05) is 11.9 Å². The Morgan fingerprint density at radius 2 is 1.71 bits per heavy atom. The molecule has 2 aromatic carbocycles. The molecule has 146 valence electrons. The van der Waals surface area contributed by atoms with Crippen LogP contribution < -0.4 is 5.32 Å². The molecule has 1 aromatic heterocycles. The first-order chi connectivity index (χ1) is 13.4. The third kappa shape index (κ3) is 4.09. The van der Waals surface area contributed by atoms with Crippen molar-refractivity contribution < 1.29 is 18.7 Å². The van der Waals surface area contributed by atoms with Gasteiger partial charge in [0.15, 0.2) is 5.76 Å². The predicted molar refractivity (Wildman–Crippen MR) is 110 cm³/mol. The first-order valence-electron chi connectivity index (χ1n) is 9.49. The average Bonchev–Trinajstić information content (AvgIpc) is 2.99. The Hall–Kier alpha value is -3.08. The SMILES string of the molecule is CCCCOC(=O)c1ccc(NC(=O)c2oc3cc(C)c(C)cc3c2C)cc1. The summed E-state index contributed by atoms with van der Waals surface area (Å²) in [7, 11) is 0. The molecule has 0 aliphatic rings. The molecule has 0 aliphatic heterocycles.